The van der Waals surface area contributed by atoms with E-state index in [0.29, 0.717) is 5.76 Å². The first-order chi connectivity index (χ1) is 12.3. The first kappa shape index (κ1) is 18.0. The topological polar surface area (TPSA) is 106 Å². The molecule has 0 aliphatic carbocycles. The van der Waals surface area contributed by atoms with Gasteiger partial charge < -0.3 is 14.7 Å². The van der Waals surface area contributed by atoms with Gasteiger partial charge >= 0.3 is 0 Å². The molecule has 1 fully saturated rings. The van der Waals surface area contributed by atoms with Gasteiger partial charge in [0.25, 0.3) is 11.8 Å². The summed E-state index contributed by atoms with van der Waals surface area (Å²) in [6.45, 7) is 5.60. The van der Waals surface area contributed by atoms with Crippen LogP contribution in [0.3, 0.4) is 0 Å². The number of alkyl halides is 1. The molecule has 0 bridgehead atoms. The number of hydrogen-bond donors (Lipinski definition) is 1. The first-order valence-electron chi connectivity index (χ1n) is 8.43. The summed E-state index contributed by atoms with van der Waals surface area (Å²) < 4.78 is 20.3. The Morgan fingerprint density at radius 3 is 2.85 bits per heavy atom. The van der Waals surface area contributed by atoms with Gasteiger partial charge in [-0.25, -0.2) is 9.07 Å². The summed E-state index contributed by atoms with van der Waals surface area (Å²) in [5.74, 6) is -0.199. The van der Waals surface area contributed by atoms with Crippen LogP contribution in [-0.2, 0) is 6.54 Å². The summed E-state index contributed by atoms with van der Waals surface area (Å²) >= 11 is 0. The van der Waals surface area contributed by atoms with Gasteiger partial charge in [0, 0.05) is 18.5 Å². The maximum Gasteiger partial charge on any atom is 0.276 e. The molecule has 2 aromatic rings. The van der Waals surface area contributed by atoms with Crippen molar-refractivity contribution in [1.29, 1.82) is 0 Å². The zero-order valence-corrected chi connectivity index (χ0v) is 14.8. The lowest BCUT2D eigenvalue weighted by Crippen LogP contribution is -2.38. The Bertz CT molecular complexity index is 802. The van der Waals surface area contributed by atoms with Crippen LogP contribution < -0.4 is 5.32 Å². The van der Waals surface area contributed by atoms with Gasteiger partial charge in [-0.15, -0.1) is 5.10 Å². The molecule has 0 saturated carbocycles. The number of aromatic nitrogens is 4. The van der Waals surface area contributed by atoms with Gasteiger partial charge in [0.15, 0.2) is 11.4 Å². The van der Waals surface area contributed by atoms with Crippen LogP contribution in [0.1, 0.15) is 47.0 Å². The fraction of sp³-hybridized carbons (Fsp3) is 0.562. The normalized spacial score (nSPS) is 20.0. The molecule has 1 aliphatic rings. The molecule has 2 atom stereocenters. The summed E-state index contributed by atoms with van der Waals surface area (Å²) in [5.41, 5.74) is 0.329. The lowest BCUT2D eigenvalue weighted by Gasteiger charge is -2.22. The van der Waals surface area contributed by atoms with Crippen LogP contribution in [0.4, 0.5) is 4.39 Å². The van der Waals surface area contributed by atoms with Crippen molar-refractivity contribution in [2.75, 3.05) is 6.54 Å². The zero-order chi connectivity index (χ0) is 18.8. The van der Waals surface area contributed by atoms with Gasteiger partial charge in [-0.2, -0.15) is 0 Å². The minimum atomic E-state index is -1.12. The zero-order valence-electron chi connectivity index (χ0n) is 14.8. The van der Waals surface area contributed by atoms with Crippen molar-refractivity contribution < 1.29 is 18.5 Å². The van der Waals surface area contributed by atoms with Gasteiger partial charge in [0.05, 0.1) is 25.3 Å². The summed E-state index contributed by atoms with van der Waals surface area (Å²) in [6.07, 6.45) is 0.562. The van der Waals surface area contributed by atoms with Gasteiger partial charge in [-0.1, -0.05) is 10.4 Å². The number of aryl methyl sites for hydroxylation is 1. The first-order valence-corrected chi connectivity index (χ1v) is 8.43. The van der Waals surface area contributed by atoms with Crippen molar-refractivity contribution in [2.24, 2.45) is 0 Å². The van der Waals surface area contributed by atoms with E-state index >= 15 is 0 Å². The van der Waals surface area contributed by atoms with E-state index < -0.39 is 12.2 Å². The van der Waals surface area contributed by atoms with E-state index in [2.05, 4.69) is 20.8 Å². The SMILES string of the molecule is Cc1cc(C(=O)N2C[C@@H](F)C[C@H]2Cn2cc(C(=O)NC(C)C)nn2)no1. The molecule has 1 N–H and O–H groups in total. The largest absolute Gasteiger partial charge is 0.361 e. The highest BCUT2D eigenvalue weighted by Gasteiger charge is 2.37. The Morgan fingerprint density at radius 1 is 1.42 bits per heavy atom. The minimum absolute atomic E-state index is 0.00913. The lowest BCUT2D eigenvalue weighted by molar-refractivity contribution is 0.0703. The third kappa shape index (κ3) is 3.89. The molecule has 0 aromatic carbocycles. The highest BCUT2D eigenvalue weighted by atomic mass is 19.1. The molecule has 26 heavy (non-hydrogen) atoms. The Kier molecular flexibility index (Phi) is 5.01. The summed E-state index contributed by atoms with van der Waals surface area (Å²) in [4.78, 5) is 25.9. The molecule has 10 heteroatoms. The predicted octanol–water partition coefficient (Wildman–Crippen LogP) is 0.966. The second kappa shape index (κ2) is 7.22. The monoisotopic (exact) mass is 364 g/mol. The highest BCUT2D eigenvalue weighted by Crippen LogP contribution is 2.24. The molecule has 2 amide bonds. The Morgan fingerprint density at radius 2 is 2.19 bits per heavy atom. The molecule has 0 unspecified atom stereocenters. The Hall–Kier alpha value is -2.78. The van der Waals surface area contributed by atoms with Gasteiger partial charge in [-0.3, -0.25) is 9.59 Å². The van der Waals surface area contributed by atoms with E-state index in [-0.39, 0.29) is 48.8 Å². The number of amides is 2. The molecule has 1 aliphatic heterocycles. The van der Waals surface area contributed by atoms with Crippen molar-refractivity contribution in [3.8, 4) is 0 Å². The molecule has 3 heterocycles. The predicted molar refractivity (Wildman–Crippen MR) is 88.2 cm³/mol. The molecular formula is C16H21FN6O3. The number of hydrogen-bond acceptors (Lipinski definition) is 6. The molecule has 0 spiro atoms. The summed E-state index contributed by atoms with van der Waals surface area (Å²) in [7, 11) is 0. The van der Waals surface area contributed by atoms with E-state index in [0.717, 1.165) is 0 Å². The number of carbonyl (C=O) groups excluding carboxylic acids is 2. The average molecular weight is 364 g/mol. The number of nitrogens with one attached hydrogen (secondary N) is 1. The van der Waals surface area contributed by atoms with Gasteiger partial charge in [-0.05, 0) is 20.8 Å². The Balaban J connectivity index is 1.70. The van der Waals surface area contributed by atoms with Crippen molar-refractivity contribution in [3.05, 3.63) is 29.4 Å². The van der Waals surface area contributed by atoms with Crippen molar-refractivity contribution in [1.82, 2.24) is 30.4 Å². The molecule has 140 valence electrons. The van der Waals surface area contributed by atoms with E-state index in [4.69, 9.17) is 4.52 Å². The van der Waals surface area contributed by atoms with Crippen molar-refractivity contribution in [3.63, 3.8) is 0 Å². The van der Waals surface area contributed by atoms with E-state index in [9.17, 15) is 14.0 Å². The van der Waals surface area contributed by atoms with Crippen LogP contribution >= 0.6 is 0 Å². The second-order valence-electron chi connectivity index (χ2n) is 6.72. The van der Waals surface area contributed by atoms with Crippen LogP contribution in [-0.4, -0.2) is 61.7 Å². The molecule has 9 nitrogen and oxygen atoms in total. The van der Waals surface area contributed by atoms with Crippen LogP contribution in [0.2, 0.25) is 0 Å². The molecule has 0 radical (unpaired) electrons. The van der Waals surface area contributed by atoms with Crippen LogP contribution in [0.15, 0.2) is 16.8 Å². The number of likely N-dealkylation sites (tertiary alicyclic amines) is 1. The quantitative estimate of drug-likeness (QED) is 0.847. The smallest absolute Gasteiger partial charge is 0.276 e. The molecule has 2 aromatic heterocycles. The van der Waals surface area contributed by atoms with Crippen molar-refractivity contribution >= 4 is 11.8 Å². The standard InChI is InChI=1S/C16H21FN6O3/c1-9(2)18-15(24)14-8-22(21-19-14)7-12-5-11(17)6-23(12)16(25)13-4-10(3)26-20-13/h4,8-9,11-12H,5-7H2,1-3H3,(H,18,24)/t11-,12-/m0/s1. The number of halogens is 1. The third-order valence-electron chi connectivity index (χ3n) is 4.06. The lowest BCUT2D eigenvalue weighted by atomic mass is 10.2. The van der Waals surface area contributed by atoms with E-state index in [1.54, 1.807) is 6.92 Å². The van der Waals surface area contributed by atoms with Crippen LogP contribution in [0.25, 0.3) is 0 Å². The second-order valence-corrected chi connectivity index (χ2v) is 6.72. The van der Waals surface area contributed by atoms with Gasteiger partial charge in [0.1, 0.15) is 11.9 Å². The Labute approximate surface area is 149 Å². The fourth-order valence-corrected chi connectivity index (χ4v) is 2.94. The molecular weight excluding hydrogens is 343 g/mol. The molecule has 1 saturated heterocycles. The fourth-order valence-electron chi connectivity index (χ4n) is 2.94. The van der Waals surface area contributed by atoms with Crippen molar-refractivity contribution in [2.45, 2.75) is 52.0 Å². The third-order valence-corrected chi connectivity index (χ3v) is 4.06. The van der Waals surface area contributed by atoms with Crippen LogP contribution in [0.5, 0.6) is 0 Å². The summed E-state index contributed by atoms with van der Waals surface area (Å²) in [5, 5.41) is 14.2. The number of nitrogens with zero attached hydrogens (tertiary/aromatic N) is 5. The number of rotatable bonds is 5. The number of carbonyl (C=O) groups is 2. The maximum atomic E-state index is 13.9. The highest BCUT2D eigenvalue weighted by molar-refractivity contribution is 5.93. The minimum Gasteiger partial charge on any atom is -0.361 e. The van der Waals surface area contributed by atoms with E-state index in [1.165, 1.54) is 21.8 Å². The van der Waals surface area contributed by atoms with Crippen LogP contribution in [0, 0.1) is 6.92 Å². The average Bonchev–Trinajstić information content (AvgIpc) is 3.27. The summed E-state index contributed by atoms with van der Waals surface area (Å²) in [6, 6.07) is 1.10. The van der Waals surface area contributed by atoms with E-state index in [1.807, 2.05) is 13.8 Å². The van der Waals surface area contributed by atoms with Gasteiger partial charge in [0.2, 0.25) is 0 Å². The maximum absolute atomic E-state index is 13.9. The molecule has 3 rings (SSSR count).